The monoisotopic (exact) mass is 411 g/mol. The van der Waals surface area contributed by atoms with Gasteiger partial charge in [-0.05, 0) is 47.0 Å². The molecule has 0 radical (unpaired) electrons. The predicted octanol–water partition coefficient (Wildman–Crippen LogP) is 4.38. The molecule has 0 aliphatic carbocycles. The van der Waals surface area contributed by atoms with E-state index in [2.05, 4.69) is 43.5 Å². The second kappa shape index (κ2) is 7.76. The Balaban J connectivity index is 2.75. The molecule has 0 aliphatic rings. The maximum Gasteiger partial charge on any atom is 0.241 e. The van der Waals surface area contributed by atoms with Crippen LogP contribution in [-0.4, -0.2) is 15.0 Å². The number of nitrogens with one attached hydrogen (secondary N) is 1. The van der Waals surface area contributed by atoms with E-state index >= 15 is 0 Å². The highest BCUT2D eigenvalue weighted by Gasteiger charge is 2.18. The largest absolute Gasteiger partial charge is 0.241 e. The third kappa shape index (κ3) is 5.17. The van der Waals surface area contributed by atoms with Gasteiger partial charge >= 0.3 is 0 Å². The Kier molecular flexibility index (Phi) is 7.00. The third-order valence-corrected chi connectivity index (χ3v) is 6.10. The minimum absolute atomic E-state index is 0.278. The van der Waals surface area contributed by atoms with E-state index in [0.717, 1.165) is 35.7 Å². The zero-order chi connectivity index (χ0) is 14.5. The van der Waals surface area contributed by atoms with Gasteiger partial charge in [-0.15, -0.1) is 0 Å². The van der Waals surface area contributed by atoms with E-state index in [4.69, 9.17) is 0 Å². The summed E-state index contributed by atoms with van der Waals surface area (Å²) in [4.78, 5) is 0.278. The van der Waals surface area contributed by atoms with Crippen LogP contribution in [0.15, 0.2) is 26.0 Å². The van der Waals surface area contributed by atoms with Gasteiger partial charge in [0.1, 0.15) is 0 Å². The van der Waals surface area contributed by atoms with E-state index in [0.29, 0.717) is 11.0 Å². The quantitative estimate of drug-likeness (QED) is 0.675. The van der Waals surface area contributed by atoms with Crippen LogP contribution in [0.4, 0.5) is 0 Å². The Morgan fingerprint density at radius 1 is 1.11 bits per heavy atom. The van der Waals surface area contributed by atoms with E-state index in [9.17, 15) is 8.42 Å². The molecule has 108 valence electrons. The molecule has 0 fully saturated rings. The fourth-order valence-corrected chi connectivity index (χ4v) is 4.42. The molecule has 0 unspecified atom stereocenters. The summed E-state index contributed by atoms with van der Waals surface area (Å²) in [6, 6.07) is 3.43. The van der Waals surface area contributed by atoms with Crippen LogP contribution >= 0.6 is 31.9 Å². The standard InChI is InChI=1S/C13H19Br2NO2S/c1-3-4-5-6-7-16-19(17,18)13-9-11(14)10(2)8-12(13)15/h8-9,16H,3-7H2,1-2H3. The summed E-state index contributed by atoms with van der Waals surface area (Å²) in [5, 5.41) is 0. The molecule has 1 aromatic carbocycles. The summed E-state index contributed by atoms with van der Waals surface area (Å²) >= 11 is 6.67. The number of hydrogen-bond acceptors (Lipinski definition) is 2. The van der Waals surface area contributed by atoms with Gasteiger partial charge in [-0.2, -0.15) is 0 Å². The molecule has 3 nitrogen and oxygen atoms in total. The normalized spacial score (nSPS) is 11.8. The van der Waals surface area contributed by atoms with Gasteiger partial charge in [0.2, 0.25) is 10.0 Å². The first-order valence-corrected chi connectivity index (χ1v) is 9.40. The third-order valence-electron chi connectivity index (χ3n) is 2.83. The van der Waals surface area contributed by atoms with E-state index < -0.39 is 10.0 Å². The molecule has 0 saturated carbocycles. The summed E-state index contributed by atoms with van der Waals surface area (Å²) in [6.45, 7) is 4.54. The topological polar surface area (TPSA) is 46.2 Å². The minimum Gasteiger partial charge on any atom is -0.211 e. The lowest BCUT2D eigenvalue weighted by atomic mass is 10.2. The Labute approximate surface area is 132 Å². The van der Waals surface area contributed by atoms with Gasteiger partial charge in [0.15, 0.2) is 0 Å². The van der Waals surface area contributed by atoms with Crippen molar-refractivity contribution in [2.45, 2.75) is 44.4 Å². The van der Waals surface area contributed by atoms with Crippen molar-refractivity contribution in [1.82, 2.24) is 4.72 Å². The van der Waals surface area contributed by atoms with Crippen molar-refractivity contribution < 1.29 is 8.42 Å². The molecule has 0 aliphatic heterocycles. The lowest BCUT2D eigenvalue weighted by molar-refractivity contribution is 0.573. The number of unbranched alkanes of at least 4 members (excludes halogenated alkanes) is 3. The fraction of sp³-hybridized carbons (Fsp3) is 0.538. The molecule has 19 heavy (non-hydrogen) atoms. The molecular weight excluding hydrogens is 394 g/mol. The average molecular weight is 413 g/mol. The van der Waals surface area contributed by atoms with Crippen molar-refractivity contribution >= 4 is 41.9 Å². The van der Waals surface area contributed by atoms with E-state index in [1.165, 1.54) is 0 Å². The first kappa shape index (κ1) is 17.1. The molecule has 0 bridgehead atoms. The lowest BCUT2D eigenvalue weighted by Crippen LogP contribution is -2.25. The second-order valence-electron chi connectivity index (χ2n) is 4.49. The highest BCUT2D eigenvalue weighted by molar-refractivity contribution is 9.11. The second-order valence-corrected chi connectivity index (χ2v) is 7.93. The van der Waals surface area contributed by atoms with Crippen LogP contribution in [0.2, 0.25) is 0 Å². The van der Waals surface area contributed by atoms with Gasteiger partial charge in [-0.25, -0.2) is 13.1 Å². The summed E-state index contributed by atoms with van der Waals surface area (Å²) < 4.78 is 28.4. The van der Waals surface area contributed by atoms with Gasteiger partial charge in [-0.3, -0.25) is 0 Å². The van der Waals surface area contributed by atoms with E-state index in [-0.39, 0.29) is 4.90 Å². The molecule has 1 rings (SSSR count). The molecular formula is C13H19Br2NO2S. The molecule has 1 N–H and O–H groups in total. The average Bonchev–Trinajstić information content (AvgIpc) is 2.33. The van der Waals surface area contributed by atoms with Crippen LogP contribution in [0, 0.1) is 6.92 Å². The highest BCUT2D eigenvalue weighted by Crippen LogP contribution is 2.28. The molecule has 0 atom stereocenters. The molecule has 1 aromatic rings. The summed E-state index contributed by atoms with van der Waals surface area (Å²) in [5.41, 5.74) is 0.994. The molecule has 0 saturated heterocycles. The number of aryl methyl sites for hydroxylation is 1. The summed E-state index contributed by atoms with van der Waals surface area (Å²) in [7, 11) is -3.44. The predicted molar refractivity (Wildman–Crippen MR) is 85.9 cm³/mol. The zero-order valence-electron chi connectivity index (χ0n) is 11.2. The Morgan fingerprint density at radius 3 is 2.42 bits per heavy atom. The van der Waals surface area contributed by atoms with Crippen molar-refractivity contribution in [3.05, 3.63) is 26.6 Å². The van der Waals surface area contributed by atoms with Crippen LogP contribution in [0.5, 0.6) is 0 Å². The maximum atomic E-state index is 12.2. The zero-order valence-corrected chi connectivity index (χ0v) is 15.2. The lowest BCUT2D eigenvalue weighted by Gasteiger charge is -2.10. The van der Waals surface area contributed by atoms with Crippen molar-refractivity contribution in [3.63, 3.8) is 0 Å². The van der Waals surface area contributed by atoms with Crippen LogP contribution < -0.4 is 4.72 Å². The number of hydrogen-bond donors (Lipinski definition) is 1. The molecule has 6 heteroatoms. The first-order valence-electron chi connectivity index (χ1n) is 6.33. The van der Waals surface area contributed by atoms with Crippen molar-refractivity contribution in [2.75, 3.05) is 6.54 Å². The molecule has 0 heterocycles. The molecule has 0 aromatic heterocycles. The van der Waals surface area contributed by atoms with Gasteiger partial charge in [-0.1, -0.05) is 42.1 Å². The minimum atomic E-state index is -3.44. The maximum absolute atomic E-state index is 12.2. The number of sulfonamides is 1. The van der Waals surface area contributed by atoms with Crippen molar-refractivity contribution in [3.8, 4) is 0 Å². The van der Waals surface area contributed by atoms with Gasteiger partial charge in [0, 0.05) is 15.5 Å². The fourth-order valence-electron chi connectivity index (χ4n) is 1.67. The van der Waals surface area contributed by atoms with Crippen LogP contribution in [0.1, 0.15) is 38.2 Å². The van der Waals surface area contributed by atoms with Gasteiger partial charge in [0.05, 0.1) is 4.90 Å². The van der Waals surface area contributed by atoms with Gasteiger partial charge < -0.3 is 0 Å². The Bertz CT molecular complexity index is 530. The van der Waals surface area contributed by atoms with Crippen LogP contribution in [0.3, 0.4) is 0 Å². The summed E-state index contributed by atoms with van der Waals surface area (Å²) in [6.07, 6.45) is 4.21. The SMILES string of the molecule is CCCCCCNS(=O)(=O)c1cc(Br)c(C)cc1Br. The molecule has 0 amide bonds. The Hall–Kier alpha value is 0.0900. The number of rotatable bonds is 7. The number of halogens is 2. The van der Waals surface area contributed by atoms with E-state index in [1.54, 1.807) is 12.1 Å². The van der Waals surface area contributed by atoms with E-state index in [1.807, 2.05) is 6.92 Å². The molecule has 0 spiro atoms. The van der Waals surface area contributed by atoms with Crippen LogP contribution in [0.25, 0.3) is 0 Å². The van der Waals surface area contributed by atoms with Crippen molar-refractivity contribution in [2.24, 2.45) is 0 Å². The Morgan fingerprint density at radius 2 is 1.79 bits per heavy atom. The first-order chi connectivity index (χ1) is 8.88. The number of benzene rings is 1. The van der Waals surface area contributed by atoms with Crippen LogP contribution in [-0.2, 0) is 10.0 Å². The smallest absolute Gasteiger partial charge is 0.211 e. The van der Waals surface area contributed by atoms with Gasteiger partial charge in [0.25, 0.3) is 0 Å². The van der Waals surface area contributed by atoms with Crippen molar-refractivity contribution in [1.29, 1.82) is 0 Å². The summed E-state index contributed by atoms with van der Waals surface area (Å²) in [5.74, 6) is 0. The highest BCUT2D eigenvalue weighted by atomic mass is 79.9.